The molecular weight excluding hydrogens is 486 g/mol. The number of anilines is 1. The van der Waals surface area contributed by atoms with Crippen molar-refractivity contribution in [2.24, 2.45) is 4.99 Å². The molecule has 2 fully saturated rings. The summed E-state index contributed by atoms with van der Waals surface area (Å²) in [6, 6.07) is 17.4. The maximum Gasteiger partial charge on any atom is 0.408 e. The molecule has 2 amide bonds. The van der Waals surface area contributed by atoms with E-state index in [4.69, 9.17) is 4.74 Å². The number of fused-ring (bicyclic) bond motifs is 1. The van der Waals surface area contributed by atoms with Crippen molar-refractivity contribution in [3.63, 3.8) is 0 Å². The quantitative estimate of drug-likeness (QED) is 0.650. The van der Waals surface area contributed by atoms with Gasteiger partial charge in [0.25, 0.3) is 5.91 Å². The van der Waals surface area contributed by atoms with Gasteiger partial charge in [-0.1, -0.05) is 60.3 Å². The summed E-state index contributed by atoms with van der Waals surface area (Å²) in [5, 5.41) is 2.90. The molecule has 2 heterocycles. The number of alkyl carbamates (subject to hydrolysis) is 1. The van der Waals surface area contributed by atoms with Gasteiger partial charge in [0.15, 0.2) is 15.0 Å². The van der Waals surface area contributed by atoms with Crippen LogP contribution in [0.2, 0.25) is 0 Å². The zero-order chi connectivity index (χ0) is 25.2. The molecule has 0 radical (unpaired) electrons. The zero-order valence-corrected chi connectivity index (χ0v) is 21.5. The standard InChI is InChI=1S/C25H29N3O5S2/c1-25(2,3)33-24(30)26-19(14-17-10-6-4-7-11-17)22(29)27-23-28(18-12-8-5-9-13-18)20-15-35(31,32)16-21(20)34-23/h4-13,19-21H,14-16H2,1-3H3,(H,26,30)/t19-,20+,21+/m1/s1. The van der Waals surface area contributed by atoms with Gasteiger partial charge in [0.1, 0.15) is 11.6 Å². The van der Waals surface area contributed by atoms with E-state index in [9.17, 15) is 18.0 Å². The molecule has 0 saturated carbocycles. The van der Waals surface area contributed by atoms with Crippen LogP contribution in [0.4, 0.5) is 10.5 Å². The van der Waals surface area contributed by atoms with Crippen molar-refractivity contribution in [1.82, 2.24) is 5.32 Å². The van der Waals surface area contributed by atoms with Crippen molar-refractivity contribution >= 4 is 44.5 Å². The van der Waals surface area contributed by atoms with Crippen LogP contribution >= 0.6 is 11.8 Å². The summed E-state index contributed by atoms with van der Waals surface area (Å²) in [7, 11) is -3.16. The molecule has 2 aliphatic heterocycles. The lowest BCUT2D eigenvalue weighted by Crippen LogP contribution is -2.45. The number of amides is 2. The number of hydrogen-bond acceptors (Lipinski definition) is 6. The largest absolute Gasteiger partial charge is 0.444 e. The number of aliphatic imine (C=N–C) groups is 1. The molecule has 10 heteroatoms. The molecular formula is C25H29N3O5S2. The highest BCUT2D eigenvalue weighted by atomic mass is 32.2. The smallest absolute Gasteiger partial charge is 0.408 e. The van der Waals surface area contributed by atoms with Gasteiger partial charge < -0.3 is 15.0 Å². The number of nitrogens with zero attached hydrogens (tertiary/aromatic N) is 2. The van der Waals surface area contributed by atoms with Crippen LogP contribution in [0.25, 0.3) is 0 Å². The van der Waals surface area contributed by atoms with E-state index in [1.165, 1.54) is 11.8 Å². The third-order valence-electron chi connectivity index (χ3n) is 5.58. The Morgan fingerprint density at radius 1 is 1.09 bits per heavy atom. The lowest BCUT2D eigenvalue weighted by molar-refractivity contribution is -0.119. The van der Waals surface area contributed by atoms with Crippen LogP contribution in [-0.4, -0.2) is 60.0 Å². The molecule has 186 valence electrons. The molecule has 2 saturated heterocycles. The SMILES string of the molecule is CC(C)(C)OC(=O)N[C@H](Cc1ccccc1)C(=O)N=C1S[C@H]2CS(=O)(=O)C[C@@H]2N1c1ccccc1. The average Bonchev–Trinajstić information content (AvgIpc) is 3.23. The summed E-state index contributed by atoms with van der Waals surface area (Å²) in [6.45, 7) is 5.25. The highest BCUT2D eigenvalue weighted by Gasteiger charge is 2.49. The molecule has 0 spiro atoms. The van der Waals surface area contributed by atoms with Gasteiger partial charge in [0.2, 0.25) is 0 Å². The summed E-state index contributed by atoms with van der Waals surface area (Å²) < 4.78 is 29.9. The predicted molar refractivity (Wildman–Crippen MR) is 138 cm³/mol. The van der Waals surface area contributed by atoms with E-state index >= 15 is 0 Å². The summed E-state index contributed by atoms with van der Waals surface area (Å²) in [5.74, 6) is -0.468. The summed E-state index contributed by atoms with van der Waals surface area (Å²) in [6.07, 6.45) is -0.457. The van der Waals surface area contributed by atoms with Crippen molar-refractivity contribution in [3.8, 4) is 0 Å². The van der Waals surface area contributed by atoms with Crippen LogP contribution in [0.3, 0.4) is 0 Å². The molecule has 0 aromatic heterocycles. The van der Waals surface area contributed by atoms with Gasteiger partial charge >= 0.3 is 6.09 Å². The van der Waals surface area contributed by atoms with Crippen molar-refractivity contribution in [3.05, 3.63) is 66.2 Å². The lowest BCUT2D eigenvalue weighted by atomic mass is 10.1. The van der Waals surface area contributed by atoms with Crippen LogP contribution < -0.4 is 10.2 Å². The van der Waals surface area contributed by atoms with E-state index in [0.29, 0.717) is 5.17 Å². The molecule has 2 aliphatic rings. The first-order valence-electron chi connectivity index (χ1n) is 11.4. The molecule has 4 rings (SSSR count). The minimum Gasteiger partial charge on any atom is -0.444 e. The Balaban J connectivity index is 1.63. The fourth-order valence-corrected chi connectivity index (χ4v) is 8.05. The fourth-order valence-electron chi connectivity index (χ4n) is 4.13. The van der Waals surface area contributed by atoms with Crippen LogP contribution in [0.15, 0.2) is 65.7 Å². The van der Waals surface area contributed by atoms with E-state index in [1.807, 2.05) is 65.6 Å². The normalized spacial score (nSPS) is 23.1. The number of hydrogen-bond donors (Lipinski definition) is 1. The minimum absolute atomic E-state index is 0.0103. The Hall–Kier alpha value is -2.85. The Morgan fingerprint density at radius 3 is 2.34 bits per heavy atom. The van der Waals surface area contributed by atoms with E-state index in [-0.39, 0.29) is 29.2 Å². The molecule has 8 nitrogen and oxygen atoms in total. The summed E-state index contributed by atoms with van der Waals surface area (Å²) >= 11 is 1.30. The van der Waals surface area contributed by atoms with Gasteiger partial charge in [-0.3, -0.25) is 4.79 Å². The van der Waals surface area contributed by atoms with Crippen LogP contribution in [-0.2, 0) is 25.8 Å². The van der Waals surface area contributed by atoms with Gasteiger partial charge in [-0.15, -0.1) is 0 Å². The van der Waals surface area contributed by atoms with Crippen LogP contribution in [0, 0.1) is 0 Å². The zero-order valence-electron chi connectivity index (χ0n) is 19.9. The molecule has 3 atom stereocenters. The van der Waals surface area contributed by atoms with Crippen molar-refractivity contribution in [1.29, 1.82) is 0 Å². The van der Waals surface area contributed by atoms with Crippen LogP contribution in [0.1, 0.15) is 26.3 Å². The minimum atomic E-state index is -3.16. The predicted octanol–water partition coefficient (Wildman–Crippen LogP) is 3.42. The number of para-hydroxylation sites is 1. The molecule has 0 unspecified atom stereocenters. The van der Waals surface area contributed by atoms with Crippen LogP contribution in [0.5, 0.6) is 0 Å². The molecule has 2 aromatic carbocycles. The highest BCUT2D eigenvalue weighted by Crippen LogP contribution is 2.40. The molecule has 0 aliphatic carbocycles. The number of rotatable bonds is 5. The Bertz CT molecular complexity index is 1210. The topological polar surface area (TPSA) is 105 Å². The fraction of sp³-hybridized carbons (Fsp3) is 0.400. The number of ether oxygens (including phenoxy) is 1. The van der Waals surface area contributed by atoms with Gasteiger partial charge in [-0.25, -0.2) is 13.2 Å². The number of thioether (sulfide) groups is 1. The van der Waals surface area contributed by atoms with E-state index in [1.54, 1.807) is 20.8 Å². The van der Waals surface area contributed by atoms with E-state index in [0.717, 1.165) is 11.3 Å². The Morgan fingerprint density at radius 2 is 1.71 bits per heavy atom. The number of nitrogens with one attached hydrogen (secondary N) is 1. The molecule has 1 N–H and O–H groups in total. The van der Waals surface area contributed by atoms with Gasteiger partial charge in [0, 0.05) is 17.4 Å². The van der Waals surface area contributed by atoms with E-state index < -0.39 is 33.5 Å². The molecule has 0 bridgehead atoms. The number of benzene rings is 2. The van der Waals surface area contributed by atoms with Gasteiger partial charge in [-0.2, -0.15) is 4.99 Å². The second-order valence-corrected chi connectivity index (χ2v) is 13.0. The molecule has 35 heavy (non-hydrogen) atoms. The average molecular weight is 516 g/mol. The first-order valence-corrected chi connectivity index (χ1v) is 14.1. The van der Waals surface area contributed by atoms with Gasteiger partial charge in [-0.05, 0) is 38.5 Å². The van der Waals surface area contributed by atoms with Crippen molar-refractivity contribution in [2.45, 2.75) is 50.1 Å². The lowest BCUT2D eigenvalue weighted by Gasteiger charge is -2.25. The van der Waals surface area contributed by atoms with Gasteiger partial charge in [0.05, 0.1) is 17.5 Å². The Labute approximate surface area is 210 Å². The monoisotopic (exact) mass is 515 g/mol. The summed E-state index contributed by atoms with van der Waals surface area (Å²) in [5.41, 5.74) is 0.921. The first kappa shape index (κ1) is 25.2. The number of carbonyl (C=O) groups is 2. The number of amidine groups is 1. The highest BCUT2D eigenvalue weighted by molar-refractivity contribution is 8.16. The maximum absolute atomic E-state index is 13.4. The first-order chi connectivity index (χ1) is 16.5. The number of carbonyl (C=O) groups excluding carboxylic acids is 2. The Kier molecular flexibility index (Phi) is 7.23. The second-order valence-electron chi connectivity index (χ2n) is 9.63. The third-order valence-corrected chi connectivity index (χ3v) is 8.79. The maximum atomic E-state index is 13.4. The second kappa shape index (κ2) is 10.0. The van der Waals surface area contributed by atoms with Crippen molar-refractivity contribution in [2.75, 3.05) is 16.4 Å². The number of sulfone groups is 1. The van der Waals surface area contributed by atoms with E-state index in [2.05, 4.69) is 10.3 Å². The molecule has 2 aromatic rings. The van der Waals surface area contributed by atoms with Crippen molar-refractivity contribution < 1.29 is 22.7 Å². The third kappa shape index (κ3) is 6.43. The summed E-state index contributed by atoms with van der Waals surface area (Å²) in [4.78, 5) is 32.2.